The van der Waals surface area contributed by atoms with Crippen molar-refractivity contribution in [3.8, 4) is 28.7 Å². The van der Waals surface area contributed by atoms with Crippen LogP contribution in [0.4, 0.5) is 0 Å². The second-order valence-electron chi connectivity index (χ2n) is 8.90. The summed E-state index contributed by atoms with van der Waals surface area (Å²) in [4.78, 5) is 11.6. The molecule has 1 fully saturated rings. The number of benzene rings is 1. The molecule has 0 amide bonds. The highest BCUT2D eigenvalue weighted by atomic mass is 32.2. The maximum atomic E-state index is 13.5. The summed E-state index contributed by atoms with van der Waals surface area (Å²) in [7, 11) is -3.66. The number of allylic oxidation sites excluding steroid dienone is 1. The first kappa shape index (κ1) is 22.6. The number of sulfonamides is 1. The summed E-state index contributed by atoms with van der Waals surface area (Å²) in [6.45, 7) is 13.1. The Balaban J connectivity index is 1.51. The molecule has 2 aromatic heterocycles. The van der Waals surface area contributed by atoms with Gasteiger partial charge in [-0.15, -0.1) is 0 Å². The van der Waals surface area contributed by atoms with Gasteiger partial charge in [0.2, 0.25) is 10.0 Å². The van der Waals surface area contributed by atoms with Crippen molar-refractivity contribution in [3.05, 3.63) is 43.0 Å². The van der Waals surface area contributed by atoms with Crippen molar-refractivity contribution >= 4 is 10.0 Å². The number of nitrogens with zero attached hydrogens (tertiary/aromatic N) is 7. The Morgan fingerprint density at radius 1 is 1.12 bits per heavy atom. The minimum Gasteiger partial charge on any atom is -0.491 e. The van der Waals surface area contributed by atoms with E-state index in [-0.39, 0.29) is 10.9 Å². The van der Waals surface area contributed by atoms with Crippen LogP contribution in [0.25, 0.3) is 22.9 Å². The van der Waals surface area contributed by atoms with Gasteiger partial charge in [0.05, 0.1) is 17.0 Å². The molecule has 0 aliphatic carbocycles. The highest BCUT2D eigenvalue weighted by molar-refractivity contribution is 7.89. The van der Waals surface area contributed by atoms with Crippen LogP contribution in [0, 0.1) is 0 Å². The maximum Gasteiger partial charge on any atom is 0.243 e. The van der Waals surface area contributed by atoms with Crippen molar-refractivity contribution in [2.24, 2.45) is 0 Å². The zero-order valence-electron chi connectivity index (χ0n) is 19.7. The number of hydrogen-bond acceptors (Lipinski definition) is 7. The van der Waals surface area contributed by atoms with Crippen LogP contribution in [0.15, 0.2) is 47.9 Å². The van der Waals surface area contributed by atoms with E-state index in [1.54, 1.807) is 18.2 Å². The van der Waals surface area contributed by atoms with Gasteiger partial charge in [0.25, 0.3) is 0 Å². The summed E-state index contributed by atoms with van der Waals surface area (Å²) < 4.78 is 38.2. The van der Waals surface area contributed by atoms with Gasteiger partial charge < -0.3 is 14.2 Å². The summed E-state index contributed by atoms with van der Waals surface area (Å²) in [5, 5.41) is 4.31. The molecule has 4 heterocycles. The van der Waals surface area contributed by atoms with Crippen molar-refractivity contribution in [1.29, 1.82) is 0 Å². The van der Waals surface area contributed by atoms with Crippen LogP contribution in [-0.4, -0.2) is 74.7 Å². The molecule has 2 aliphatic rings. The van der Waals surface area contributed by atoms with Crippen LogP contribution < -0.4 is 4.74 Å². The summed E-state index contributed by atoms with van der Waals surface area (Å²) in [6, 6.07) is 5.16. The standard InChI is InChI=1S/C23H29N7O3S/c1-16(2)27-7-9-29(10-8-27)34(31,32)18-5-6-21-19(13-18)22-26-20(14-28(22)11-12-33-21)23-24-15-25-30(23)17(3)4/h5-6,13-15,17H,1,7-12H2,2-4H3. The van der Waals surface area contributed by atoms with E-state index in [0.29, 0.717) is 68.0 Å². The molecular weight excluding hydrogens is 454 g/mol. The van der Waals surface area contributed by atoms with Gasteiger partial charge in [0, 0.05) is 44.1 Å². The normalized spacial score (nSPS) is 16.6. The summed E-state index contributed by atoms with van der Waals surface area (Å²) >= 11 is 0. The average Bonchev–Trinajstić information content (AvgIpc) is 3.43. The van der Waals surface area contributed by atoms with Gasteiger partial charge in [-0.1, -0.05) is 6.58 Å². The van der Waals surface area contributed by atoms with E-state index in [4.69, 9.17) is 9.72 Å². The average molecular weight is 484 g/mol. The van der Waals surface area contributed by atoms with Crippen LogP contribution in [0.3, 0.4) is 0 Å². The first-order valence-electron chi connectivity index (χ1n) is 11.4. The predicted molar refractivity (Wildman–Crippen MR) is 128 cm³/mol. The molecule has 1 saturated heterocycles. The number of rotatable bonds is 5. The number of piperazine rings is 1. The Bertz CT molecular complexity index is 1330. The molecule has 0 saturated carbocycles. The lowest BCUT2D eigenvalue weighted by molar-refractivity contribution is 0.230. The number of imidazole rings is 1. The summed E-state index contributed by atoms with van der Waals surface area (Å²) in [5.41, 5.74) is 2.30. The van der Waals surface area contributed by atoms with Gasteiger partial charge in [-0.2, -0.15) is 9.40 Å². The molecule has 2 aliphatic heterocycles. The van der Waals surface area contributed by atoms with Gasteiger partial charge in [0.15, 0.2) is 5.82 Å². The highest BCUT2D eigenvalue weighted by Crippen LogP contribution is 2.36. The fourth-order valence-electron chi connectivity index (χ4n) is 4.40. The largest absolute Gasteiger partial charge is 0.491 e. The monoisotopic (exact) mass is 483 g/mol. The van der Waals surface area contributed by atoms with Crippen LogP contribution >= 0.6 is 0 Å². The molecule has 5 rings (SSSR count). The molecule has 0 unspecified atom stereocenters. The first-order chi connectivity index (χ1) is 16.3. The van der Waals surface area contributed by atoms with Crippen molar-refractivity contribution in [2.75, 3.05) is 32.8 Å². The van der Waals surface area contributed by atoms with Crippen molar-refractivity contribution in [2.45, 2.75) is 38.3 Å². The van der Waals surface area contributed by atoms with Crippen LogP contribution in [0.1, 0.15) is 26.8 Å². The Morgan fingerprint density at radius 3 is 2.59 bits per heavy atom. The van der Waals surface area contributed by atoms with E-state index in [2.05, 4.69) is 21.6 Å². The SMILES string of the molecule is C=C(C)N1CCN(S(=O)(=O)c2ccc3c(c2)-c2nc(-c4ncnn4C(C)C)cn2CCO3)CC1. The molecule has 10 nitrogen and oxygen atoms in total. The Morgan fingerprint density at radius 2 is 1.88 bits per heavy atom. The van der Waals surface area contributed by atoms with Gasteiger partial charge in [0.1, 0.15) is 30.2 Å². The third-order valence-electron chi connectivity index (χ3n) is 6.27. The molecule has 1 aromatic carbocycles. The number of hydrogen-bond donors (Lipinski definition) is 0. The van der Waals surface area contributed by atoms with Crippen LogP contribution in [0.2, 0.25) is 0 Å². The lowest BCUT2D eigenvalue weighted by Gasteiger charge is -2.35. The molecule has 11 heteroatoms. The van der Waals surface area contributed by atoms with E-state index in [1.807, 2.05) is 36.2 Å². The van der Waals surface area contributed by atoms with Gasteiger partial charge in [-0.3, -0.25) is 0 Å². The van der Waals surface area contributed by atoms with Crippen molar-refractivity contribution in [3.63, 3.8) is 0 Å². The maximum absolute atomic E-state index is 13.5. The van der Waals surface area contributed by atoms with Gasteiger partial charge >= 0.3 is 0 Å². The second-order valence-corrected chi connectivity index (χ2v) is 10.8. The smallest absolute Gasteiger partial charge is 0.243 e. The van der Waals surface area contributed by atoms with E-state index in [1.165, 1.54) is 10.6 Å². The Labute approximate surface area is 199 Å². The fourth-order valence-corrected chi connectivity index (χ4v) is 5.85. The van der Waals surface area contributed by atoms with Crippen LogP contribution in [0.5, 0.6) is 5.75 Å². The molecule has 0 radical (unpaired) electrons. The number of aromatic nitrogens is 5. The molecular formula is C23H29N7O3S. The van der Waals surface area contributed by atoms with E-state index < -0.39 is 10.0 Å². The quantitative estimate of drug-likeness (QED) is 0.550. The molecule has 180 valence electrons. The molecule has 3 aromatic rings. The zero-order valence-corrected chi connectivity index (χ0v) is 20.5. The molecule has 0 spiro atoms. The molecule has 0 N–H and O–H groups in total. The molecule has 34 heavy (non-hydrogen) atoms. The van der Waals surface area contributed by atoms with Gasteiger partial charge in [-0.05, 0) is 39.0 Å². The first-order valence-corrected chi connectivity index (χ1v) is 12.8. The van der Waals surface area contributed by atoms with E-state index in [0.717, 1.165) is 5.70 Å². The fraction of sp³-hybridized carbons (Fsp3) is 0.435. The minimum atomic E-state index is -3.66. The Hall–Kier alpha value is -3.18. The third kappa shape index (κ3) is 3.88. The van der Waals surface area contributed by atoms with Gasteiger partial charge in [-0.25, -0.2) is 23.1 Å². The lowest BCUT2D eigenvalue weighted by atomic mass is 10.2. The third-order valence-corrected chi connectivity index (χ3v) is 8.16. The minimum absolute atomic E-state index is 0.136. The Kier molecular flexibility index (Phi) is 5.68. The van der Waals surface area contributed by atoms with Crippen molar-refractivity contribution in [1.82, 2.24) is 33.5 Å². The zero-order chi connectivity index (χ0) is 24.0. The van der Waals surface area contributed by atoms with Crippen molar-refractivity contribution < 1.29 is 13.2 Å². The summed E-state index contributed by atoms with van der Waals surface area (Å²) in [5.74, 6) is 1.95. The molecule has 0 bridgehead atoms. The number of ether oxygens (including phenoxy) is 1. The highest BCUT2D eigenvalue weighted by Gasteiger charge is 2.30. The topological polar surface area (TPSA) is 98.4 Å². The van der Waals surface area contributed by atoms with E-state index in [9.17, 15) is 8.42 Å². The lowest BCUT2D eigenvalue weighted by Crippen LogP contribution is -2.47. The second kappa shape index (κ2) is 8.55. The molecule has 0 atom stereocenters. The van der Waals surface area contributed by atoms with E-state index >= 15 is 0 Å². The van der Waals surface area contributed by atoms with Crippen LogP contribution in [-0.2, 0) is 16.6 Å². The summed E-state index contributed by atoms with van der Waals surface area (Å²) in [6.07, 6.45) is 3.45. The number of fused-ring (bicyclic) bond motifs is 3. The predicted octanol–water partition coefficient (Wildman–Crippen LogP) is 2.62.